The van der Waals surface area contributed by atoms with Crippen LogP contribution >= 0.6 is 28.5 Å². The number of halogens is 4. The molecule has 3 aliphatic rings. The van der Waals surface area contributed by atoms with E-state index in [0.29, 0.717) is 0 Å². The van der Waals surface area contributed by atoms with E-state index in [1.807, 2.05) is 0 Å². The zero-order valence-corrected chi connectivity index (χ0v) is 21.9. The summed E-state index contributed by atoms with van der Waals surface area (Å²) in [5.41, 5.74) is 0. The van der Waals surface area contributed by atoms with Gasteiger partial charge in [-0.15, -0.1) is 0 Å². The van der Waals surface area contributed by atoms with Crippen LogP contribution in [0, 0.1) is 38.5 Å². The Kier molecular flexibility index (Phi) is 22.1. The van der Waals surface area contributed by atoms with Crippen molar-refractivity contribution in [2.24, 2.45) is 23.7 Å². The van der Waals surface area contributed by atoms with Crippen molar-refractivity contribution >= 4 is 34.6 Å². The standard InChI is InChI=1S/C11H16.C6H13BCl.2CH3.3ClH.Zr/c1-8-7-10-5-3-4-6-11(10)9(8)2;1-7(8)6-4-2-3-5-6;;;;;;/h3-6,8-11H,7H2,1-2H3;6-7H,2-5H2,1H3;2*1H3;3*1H;/q;3*-1;;;;+4/p-3. The van der Waals surface area contributed by atoms with Crippen molar-refractivity contribution in [2.75, 3.05) is 0 Å². The van der Waals surface area contributed by atoms with Gasteiger partial charge in [0.2, 0.25) is 0 Å². The van der Waals surface area contributed by atoms with Gasteiger partial charge in [-0.1, -0.05) is 63.8 Å². The second-order valence-corrected chi connectivity index (χ2v) is 11.7. The van der Waals surface area contributed by atoms with E-state index in [0.717, 1.165) is 29.5 Å². The summed E-state index contributed by atoms with van der Waals surface area (Å²) in [6.07, 6.45) is 15.9. The van der Waals surface area contributed by atoms with E-state index in [1.165, 1.54) is 32.1 Å². The van der Waals surface area contributed by atoms with Gasteiger partial charge in [-0.25, -0.2) is 0 Å². The molecule has 0 spiro atoms. The van der Waals surface area contributed by atoms with Crippen LogP contribution in [0.1, 0.15) is 46.0 Å². The number of fused-ring (bicyclic) bond motifs is 1. The van der Waals surface area contributed by atoms with E-state index >= 15 is 0 Å². The topological polar surface area (TPSA) is 0 Å². The normalized spacial score (nSPS) is 29.8. The molecule has 0 aromatic carbocycles. The second-order valence-electron chi connectivity index (χ2n) is 7.13. The maximum atomic E-state index is 5.97. The molecule has 148 valence electrons. The van der Waals surface area contributed by atoms with Crippen molar-refractivity contribution in [1.29, 1.82) is 0 Å². The van der Waals surface area contributed by atoms with E-state index in [2.05, 4.69) is 45.0 Å². The van der Waals surface area contributed by atoms with Gasteiger partial charge in [-0.3, -0.25) is 0 Å². The predicted molar refractivity (Wildman–Crippen MR) is 114 cm³/mol. The molecule has 5 atom stereocenters. The fourth-order valence-electron chi connectivity index (χ4n) is 4.07. The third-order valence-corrected chi connectivity index (χ3v) is 6.15. The van der Waals surface area contributed by atoms with E-state index in [9.17, 15) is 0 Å². The van der Waals surface area contributed by atoms with Crippen LogP contribution in [0.25, 0.3) is 0 Å². The van der Waals surface area contributed by atoms with Crippen LogP contribution in [0.15, 0.2) is 24.3 Å². The third-order valence-electron chi connectivity index (χ3n) is 5.72. The van der Waals surface area contributed by atoms with Crippen molar-refractivity contribution in [3.05, 3.63) is 39.2 Å². The molecule has 6 heteroatoms. The molecule has 2 saturated carbocycles. The minimum atomic E-state index is -0.826. The third kappa shape index (κ3) is 11.2. The van der Waals surface area contributed by atoms with Gasteiger partial charge < -0.3 is 38.7 Å². The van der Waals surface area contributed by atoms with Crippen LogP contribution < -0.4 is 12.4 Å². The molecule has 0 amide bonds. The molecule has 3 rings (SSSR count). The molecule has 0 nitrogen and oxygen atoms in total. The summed E-state index contributed by atoms with van der Waals surface area (Å²) >= 11 is 5.14. The number of hydrogen-bond donors (Lipinski definition) is 0. The first kappa shape index (κ1) is 31.3. The molecule has 25 heavy (non-hydrogen) atoms. The average molecular weight is 507 g/mol. The SMILES string of the molecule is CC1CC2C=CC=CC2C1C.C[BH-](Cl)C1CCCC1.[CH3-].[CH3-].[Cl-].[Cl][Zr+2][Cl]. The van der Waals surface area contributed by atoms with Gasteiger partial charge in [0.1, 0.15) is 0 Å². The predicted octanol–water partition coefficient (Wildman–Crippen LogP) is 4.82. The van der Waals surface area contributed by atoms with Crippen LogP contribution in [0.3, 0.4) is 0 Å². The molecule has 0 aromatic rings. The first-order valence-electron chi connectivity index (χ1n) is 8.71. The Morgan fingerprint density at radius 2 is 1.48 bits per heavy atom. The van der Waals surface area contributed by atoms with Crippen LogP contribution in [-0.2, 0) is 20.8 Å². The first-order chi connectivity index (χ1) is 10.5. The number of hydrogen-bond acceptors (Lipinski definition) is 0. The maximum absolute atomic E-state index is 5.97. The van der Waals surface area contributed by atoms with Crippen molar-refractivity contribution in [2.45, 2.75) is 58.6 Å². The minimum absolute atomic E-state index is 0. The summed E-state index contributed by atoms with van der Waals surface area (Å²) in [6.45, 7) is 6.96. The summed E-state index contributed by atoms with van der Waals surface area (Å²) in [7, 11) is 9.87. The molecule has 0 N–H and O–H groups in total. The Labute approximate surface area is 188 Å². The quantitative estimate of drug-likeness (QED) is 0.353. The van der Waals surface area contributed by atoms with Gasteiger partial charge in [0.25, 0.3) is 0 Å². The molecule has 0 bridgehead atoms. The molecule has 0 heterocycles. The molecule has 0 aliphatic heterocycles. The van der Waals surface area contributed by atoms with E-state index in [4.69, 9.17) is 28.5 Å². The van der Waals surface area contributed by atoms with Crippen molar-refractivity contribution in [1.82, 2.24) is 0 Å². The van der Waals surface area contributed by atoms with E-state index in [1.54, 1.807) is 0 Å². The summed E-state index contributed by atoms with van der Waals surface area (Å²) in [6, 6.07) is 0. The zero-order valence-electron chi connectivity index (χ0n) is 16.5. The monoisotopic (exact) mass is 504 g/mol. The van der Waals surface area contributed by atoms with Crippen molar-refractivity contribution < 1.29 is 33.3 Å². The summed E-state index contributed by atoms with van der Waals surface area (Å²) < 4.78 is 0. The Morgan fingerprint density at radius 3 is 1.88 bits per heavy atom. The second kappa shape index (κ2) is 17.7. The van der Waals surface area contributed by atoms with Gasteiger partial charge >= 0.3 is 37.9 Å². The van der Waals surface area contributed by atoms with Gasteiger partial charge in [0.05, 0.1) is 6.13 Å². The van der Waals surface area contributed by atoms with E-state index < -0.39 is 20.8 Å². The average Bonchev–Trinajstić information content (AvgIpc) is 3.11. The van der Waals surface area contributed by atoms with Gasteiger partial charge in [-0.05, 0) is 30.1 Å². The number of allylic oxidation sites excluding steroid dienone is 4. The molecule has 0 saturated heterocycles. The van der Waals surface area contributed by atoms with Crippen LogP contribution in [0.2, 0.25) is 12.6 Å². The molecule has 0 radical (unpaired) electrons. The Bertz CT molecular complexity index is 357. The Hall–Kier alpha value is 1.59. The molecule has 5 unspecified atom stereocenters. The van der Waals surface area contributed by atoms with Gasteiger partial charge in [-0.2, -0.15) is 12.6 Å². The molecule has 3 aliphatic carbocycles. The number of rotatable bonds is 1. The molecular weight excluding hydrogens is 472 g/mol. The summed E-state index contributed by atoms with van der Waals surface area (Å²) in [4.78, 5) is 0. The molecular formula is C19H35BCl4Zr-2. The van der Waals surface area contributed by atoms with Crippen LogP contribution in [0.4, 0.5) is 0 Å². The van der Waals surface area contributed by atoms with E-state index in [-0.39, 0.29) is 33.4 Å². The first-order valence-corrected chi connectivity index (χ1v) is 15.6. The summed E-state index contributed by atoms with van der Waals surface area (Å²) in [5.74, 6) is 4.41. The van der Waals surface area contributed by atoms with Crippen LogP contribution in [0.5, 0.6) is 0 Å². The van der Waals surface area contributed by atoms with Crippen molar-refractivity contribution in [3.8, 4) is 0 Å². The molecule has 2 fully saturated rings. The van der Waals surface area contributed by atoms with Gasteiger partial charge in [0.15, 0.2) is 0 Å². The molecule has 0 aromatic heterocycles. The Morgan fingerprint density at radius 1 is 1.00 bits per heavy atom. The van der Waals surface area contributed by atoms with Crippen LogP contribution in [-0.4, -0.2) is 6.13 Å². The zero-order chi connectivity index (χ0) is 16.5. The fourth-order valence-corrected chi connectivity index (χ4v) is 4.38. The summed E-state index contributed by atoms with van der Waals surface area (Å²) in [5, 5.41) is 0. The Balaban J connectivity index is -0.000000312. The van der Waals surface area contributed by atoms with Gasteiger partial charge in [0, 0.05) is 0 Å². The fraction of sp³-hybridized carbons (Fsp3) is 0.684. The van der Waals surface area contributed by atoms with Crippen molar-refractivity contribution in [3.63, 3.8) is 0 Å².